The molecule has 0 saturated heterocycles. The van der Waals surface area contributed by atoms with E-state index in [4.69, 9.17) is 0 Å². The number of hydrogen-bond acceptors (Lipinski definition) is 1. The number of aromatic nitrogens is 1. The van der Waals surface area contributed by atoms with Crippen LogP contribution in [0.4, 0.5) is 13.2 Å². The molecule has 0 atom stereocenters. The minimum atomic E-state index is -4.33. The normalized spacial score (nSPS) is 11.4. The van der Waals surface area contributed by atoms with Gasteiger partial charge in [-0.15, -0.1) is 0 Å². The lowest BCUT2D eigenvalue weighted by Gasteiger charge is -2.06. The summed E-state index contributed by atoms with van der Waals surface area (Å²) in [6.07, 6.45) is -3.52. The summed E-state index contributed by atoms with van der Waals surface area (Å²) in [6.45, 7) is 3.64. The highest BCUT2D eigenvalue weighted by Gasteiger charge is 2.30. The molecule has 0 amide bonds. The van der Waals surface area contributed by atoms with E-state index in [-0.39, 0.29) is 0 Å². The molecule has 1 aromatic rings. The maximum absolute atomic E-state index is 12.1. The van der Waals surface area contributed by atoms with Crippen LogP contribution in [0, 0.1) is 0 Å². The first kappa shape index (κ1) is 11.2. The highest BCUT2D eigenvalue weighted by Crippen LogP contribution is 2.28. The number of allylic oxidation sites excluding steroid dienone is 1. The molecule has 76 valence electrons. The Kier molecular flexibility index (Phi) is 3.31. The first-order valence-electron chi connectivity index (χ1n) is 3.72. The van der Waals surface area contributed by atoms with Crippen molar-refractivity contribution in [3.05, 3.63) is 36.2 Å². The zero-order valence-electron chi connectivity index (χ0n) is 7.11. The van der Waals surface area contributed by atoms with Crippen LogP contribution in [0.25, 0.3) is 5.57 Å². The van der Waals surface area contributed by atoms with E-state index in [0.717, 1.165) is 12.3 Å². The first-order chi connectivity index (χ1) is 6.45. The van der Waals surface area contributed by atoms with Crippen molar-refractivity contribution in [3.63, 3.8) is 0 Å². The van der Waals surface area contributed by atoms with Crippen molar-refractivity contribution < 1.29 is 13.2 Å². The molecule has 5 heteroatoms. The minimum Gasteiger partial charge on any atom is -0.256 e. The minimum absolute atomic E-state index is 0.467. The van der Waals surface area contributed by atoms with E-state index in [1.165, 1.54) is 6.07 Å². The van der Waals surface area contributed by atoms with Gasteiger partial charge in [0.15, 0.2) is 0 Å². The molecule has 0 aliphatic rings. The summed E-state index contributed by atoms with van der Waals surface area (Å²) in [6, 6.07) is 2.31. The zero-order chi connectivity index (χ0) is 10.8. The van der Waals surface area contributed by atoms with E-state index in [9.17, 15) is 13.2 Å². The summed E-state index contributed by atoms with van der Waals surface area (Å²) < 4.78 is 36.4. The standard InChI is InChI=1S/C9H7BrF3N/c1-6(4-10)8-3-2-7(5-14-8)9(11,12)13/h2-3,5H,1,4H2. The smallest absolute Gasteiger partial charge is 0.256 e. The molecule has 1 rings (SSSR count). The summed E-state index contributed by atoms with van der Waals surface area (Å²) in [5, 5.41) is 0.491. The topological polar surface area (TPSA) is 12.9 Å². The molecule has 0 N–H and O–H groups in total. The Bertz CT molecular complexity index is 329. The molecular formula is C9H7BrF3N. The van der Waals surface area contributed by atoms with Gasteiger partial charge in [-0.05, 0) is 17.7 Å². The van der Waals surface area contributed by atoms with Crippen LogP contribution in [0.15, 0.2) is 24.9 Å². The Morgan fingerprint density at radius 2 is 2.07 bits per heavy atom. The zero-order valence-corrected chi connectivity index (χ0v) is 8.69. The number of rotatable bonds is 2. The molecular weight excluding hydrogens is 259 g/mol. The van der Waals surface area contributed by atoms with Crippen LogP contribution >= 0.6 is 15.9 Å². The summed E-state index contributed by atoms with van der Waals surface area (Å²) in [4.78, 5) is 3.67. The predicted molar refractivity (Wildman–Crippen MR) is 52.1 cm³/mol. The quantitative estimate of drug-likeness (QED) is 0.746. The molecule has 1 heterocycles. The molecule has 0 unspecified atom stereocenters. The van der Waals surface area contributed by atoms with Gasteiger partial charge < -0.3 is 0 Å². The maximum Gasteiger partial charge on any atom is 0.417 e. The molecule has 1 aromatic heterocycles. The average molecular weight is 266 g/mol. The van der Waals surface area contributed by atoms with Crippen molar-refractivity contribution in [2.45, 2.75) is 6.18 Å². The molecule has 0 aliphatic carbocycles. The van der Waals surface area contributed by atoms with Crippen LogP contribution in [0.2, 0.25) is 0 Å². The lowest BCUT2D eigenvalue weighted by atomic mass is 10.2. The number of alkyl halides is 4. The van der Waals surface area contributed by atoms with E-state index in [0.29, 0.717) is 16.6 Å². The lowest BCUT2D eigenvalue weighted by Crippen LogP contribution is -2.05. The second kappa shape index (κ2) is 4.13. The number of hydrogen-bond donors (Lipinski definition) is 0. The molecule has 0 aliphatic heterocycles. The summed E-state index contributed by atoms with van der Waals surface area (Å²) in [5.74, 6) is 0. The van der Waals surface area contributed by atoms with Crippen LogP contribution in [0.1, 0.15) is 11.3 Å². The number of pyridine rings is 1. The van der Waals surface area contributed by atoms with Crippen molar-refractivity contribution in [1.82, 2.24) is 4.98 Å². The largest absolute Gasteiger partial charge is 0.417 e. The first-order valence-corrected chi connectivity index (χ1v) is 4.84. The van der Waals surface area contributed by atoms with Crippen LogP contribution in [0.3, 0.4) is 0 Å². The maximum atomic E-state index is 12.1. The third kappa shape index (κ3) is 2.57. The van der Waals surface area contributed by atoms with Crippen LogP contribution in [-0.4, -0.2) is 10.3 Å². The van der Waals surface area contributed by atoms with Crippen molar-refractivity contribution in [2.24, 2.45) is 0 Å². The summed E-state index contributed by atoms with van der Waals surface area (Å²) >= 11 is 3.15. The van der Waals surface area contributed by atoms with E-state index in [2.05, 4.69) is 27.5 Å². The molecule has 0 radical (unpaired) electrons. The van der Waals surface area contributed by atoms with Gasteiger partial charge >= 0.3 is 6.18 Å². The Balaban J connectivity index is 2.95. The van der Waals surface area contributed by atoms with Crippen molar-refractivity contribution >= 4 is 21.5 Å². The van der Waals surface area contributed by atoms with Crippen LogP contribution in [0.5, 0.6) is 0 Å². The van der Waals surface area contributed by atoms with Gasteiger partial charge in [0.25, 0.3) is 0 Å². The second-order valence-electron chi connectivity index (χ2n) is 2.67. The fourth-order valence-corrected chi connectivity index (χ4v) is 1.13. The molecule has 1 nitrogen and oxygen atoms in total. The van der Waals surface area contributed by atoms with Gasteiger partial charge in [0.2, 0.25) is 0 Å². The van der Waals surface area contributed by atoms with Crippen LogP contribution in [-0.2, 0) is 6.18 Å². The average Bonchev–Trinajstić information content (AvgIpc) is 2.15. The molecule has 14 heavy (non-hydrogen) atoms. The number of nitrogens with zero attached hydrogens (tertiary/aromatic N) is 1. The Labute approximate surface area is 87.8 Å². The molecule has 0 spiro atoms. The Hall–Kier alpha value is -0.840. The van der Waals surface area contributed by atoms with Gasteiger partial charge in [-0.25, -0.2) is 0 Å². The van der Waals surface area contributed by atoms with E-state index >= 15 is 0 Å². The van der Waals surface area contributed by atoms with E-state index in [1.54, 1.807) is 0 Å². The van der Waals surface area contributed by atoms with Gasteiger partial charge in [0.1, 0.15) is 0 Å². The summed E-state index contributed by atoms with van der Waals surface area (Å²) in [7, 11) is 0. The predicted octanol–water partition coefficient (Wildman–Crippen LogP) is 3.51. The monoisotopic (exact) mass is 265 g/mol. The lowest BCUT2D eigenvalue weighted by molar-refractivity contribution is -0.137. The highest BCUT2D eigenvalue weighted by molar-refractivity contribution is 9.09. The highest BCUT2D eigenvalue weighted by atomic mass is 79.9. The molecule has 0 saturated carbocycles. The molecule has 0 bridgehead atoms. The van der Waals surface area contributed by atoms with E-state index in [1.807, 2.05) is 0 Å². The van der Waals surface area contributed by atoms with Crippen LogP contribution < -0.4 is 0 Å². The fraction of sp³-hybridized carbons (Fsp3) is 0.222. The second-order valence-corrected chi connectivity index (χ2v) is 3.23. The SMILES string of the molecule is C=C(CBr)c1ccc(C(F)(F)F)cn1. The third-order valence-corrected chi connectivity index (χ3v) is 2.29. The van der Waals surface area contributed by atoms with Gasteiger partial charge in [-0.2, -0.15) is 13.2 Å². The van der Waals surface area contributed by atoms with Gasteiger partial charge in [-0.1, -0.05) is 22.5 Å². The Morgan fingerprint density at radius 1 is 1.43 bits per heavy atom. The fourth-order valence-electron chi connectivity index (χ4n) is 0.839. The molecule has 0 fully saturated rings. The number of halogens is 4. The van der Waals surface area contributed by atoms with Crippen molar-refractivity contribution in [3.8, 4) is 0 Å². The van der Waals surface area contributed by atoms with Gasteiger partial charge in [0, 0.05) is 11.5 Å². The van der Waals surface area contributed by atoms with E-state index < -0.39 is 11.7 Å². The van der Waals surface area contributed by atoms with Gasteiger partial charge in [0.05, 0.1) is 11.3 Å². The van der Waals surface area contributed by atoms with Crippen molar-refractivity contribution in [2.75, 3.05) is 5.33 Å². The summed E-state index contributed by atoms with van der Waals surface area (Å²) in [5.41, 5.74) is 0.372. The molecule has 0 aromatic carbocycles. The van der Waals surface area contributed by atoms with Gasteiger partial charge in [-0.3, -0.25) is 4.98 Å². The third-order valence-electron chi connectivity index (χ3n) is 1.61. The Morgan fingerprint density at radius 3 is 2.43 bits per heavy atom. The van der Waals surface area contributed by atoms with Crippen molar-refractivity contribution in [1.29, 1.82) is 0 Å².